The van der Waals surface area contributed by atoms with Crippen LogP contribution in [0.2, 0.25) is 5.02 Å². The van der Waals surface area contributed by atoms with Crippen molar-refractivity contribution < 1.29 is 19.4 Å². The second-order valence-corrected chi connectivity index (χ2v) is 9.90. The number of likely N-dealkylation sites (tertiary alicyclic amines) is 1. The van der Waals surface area contributed by atoms with Gasteiger partial charge in [0.1, 0.15) is 10.8 Å². The number of carbonyl (C=O) groups is 1. The second-order valence-electron chi connectivity index (χ2n) is 9.49. The number of ether oxygens (including phenoxy) is 2. The van der Waals surface area contributed by atoms with Gasteiger partial charge in [0.05, 0.1) is 30.5 Å². The van der Waals surface area contributed by atoms with E-state index in [1.165, 1.54) is 10.8 Å². The van der Waals surface area contributed by atoms with Crippen LogP contribution in [0.1, 0.15) is 49.0 Å². The SMILES string of the molecule is C[C@]1(O)CC2(CCN(C(=O)c3ccc(OCCCN)cc3)CC2)OC[C@@H]1n1cc(Cl)c(=O)[nH]c1=O. The van der Waals surface area contributed by atoms with E-state index < -0.39 is 28.5 Å². The number of rotatable bonds is 6. The number of benzene rings is 1. The van der Waals surface area contributed by atoms with Gasteiger partial charge in [0.2, 0.25) is 0 Å². The summed E-state index contributed by atoms with van der Waals surface area (Å²) in [7, 11) is 0. The number of aromatic nitrogens is 2. The molecule has 2 saturated heterocycles. The molecule has 2 aliphatic heterocycles. The van der Waals surface area contributed by atoms with E-state index in [4.69, 9.17) is 26.8 Å². The van der Waals surface area contributed by atoms with Gasteiger partial charge in [-0.2, -0.15) is 0 Å². The van der Waals surface area contributed by atoms with Crippen LogP contribution in [-0.4, -0.2) is 69.5 Å². The number of halogens is 1. The number of nitrogens with two attached hydrogens (primary N) is 1. The van der Waals surface area contributed by atoms with Crippen molar-refractivity contribution in [2.24, 2.45) is 5.73 Å². The molecule has 0 unspecified atom stereocenters. The van der Waals surface area contributed by atoms with Crippen LogP contribution in [0.25, 0.3) is 0 Å². The number of amides is 1. The molecule has 11 heteroatoms. The molecular weight excluding hydrogens is 476 g/mol. The van der Waals surface area contributed by atoms with E-state index in [2.05, 4.69) is 4.98 Å². The Morgan fingerprint density at radius 3 is 2.60 bits per heavy atom. The van der Waals surface area contributed by atoms with Crippen LogP contribution < -0.4 is 21.7 Å². The highest BCUT2D eigenvalue weighted by molar-refractivity contribution is 6.30. The Kier molecular flexibility index (Phi) is 7.37. The highest BCUT2D eigenvalue weighted by Crippen LogP contribution is 2.43. The highest BCUT2D eigenvalue weighted by atomic mass is 35.5. The van der Waals surface area contributed by atoms with Gasteiger partial charge >= 0.3 is 5.69 Å². The number of hydrogen-bond donors (Lipinski definition) is 3. The lowest BCUT2D eigenvalue weighted by Gasteiger charge is -2.51. The first-order valence-electron chi connectivity index (χ1n) is 11.7. The first kappa shape index (κ1) is 25.4. The zero-order chi connectivity index (χ0) is 25.2. The smallest absolute Gasteiger partial charge is 0.328 e. The molecule has 4 N–H and O–H groups in total. The zero-order valence-electron chi connectivity index (χ0n) is 19.7. The molecule has 2 fully saturated rings. The number of aliphatic hydroxyl groups is 1. The minimum atomic E-state index is -1.28. The van der Waals surface area contributed by atoms with E-state index in [-0.39, 0.29) is 24.0 Å². The summed E-state index contributed by atoms with van der Waals surface area (Å²) in [4.78, 5) is 40.9. The van der Waals surface area contributed by atoms with Crippen LogP contribution in [0.5, 0.6) is 5.75 Å². The molecule has 0 radical (unpaired) electrons. The number of H-pyrrole nitrogens is 1. The van der Waals surface area contributed by atoms with Gasteiger partial charge in [-0.05, 0) is 57.0 Å². The molecule has 0 aliphatic carbocycles. The summed E-state index contributed by atoms with van der Waals surface area (Å²) in [6.45, 7) is 3.80. The molecule has 4 rings (SSSR count). The average molecular weight is 507 g/mol. The van der Waals surface area contributed by atoms with Crippen molar-refractivity contribution in [1.29, 1.82) is 0 Å². The summed E-state index contributed by atoms with van der Waals surface area (Å²) in [6, 6.07) is 6.36. The van der Waals surface area contributed by atoms with Crippen molar-refractivity contribution in [2.45, 2.75) is 49.9 Å². The van der Waals surface area contributed by atoms with E-state index >= 15 is 0 Å². The summed E-state index contributed by atoms with van der Waals surface area (Å²) >= 11 is 5.90. The van der Waals surface area contributed by atoms with Crippen LogP contribution in [0.3, 0.4) is 0 Å². The molecular formula is C24H31ClN4O6. The molecule has 1 amide bonds. The Bertz CT molecular complexity index is 1170. The van der Waals surface area contributed by atoms with Crippen molar-refractivity contribution in [2.75, 3.05) is 32.8 Å². The number of nitrogens with one attached hydrogen (secondary N) is 1. The number of carbonyl (C=O) groups excluding carboxylic acids is 1. The average Bonchev–Trinajstić information content (AvgIpc) is 2.82. The maximum Gasteiger partial charge on any atom is 0.328 e. The summed E-state index contributed by atoms with van der Waals surface area (Å²) in [5.74, 6) is 0.631. The number of aromatic amines is 1. The lowest BCUT2D eigenvalue weighted by Crippen LogP contribution is -2.59. The Labute approximate surface area is 207 Å². The van der Waals surface area contributed by atoms with Crippen LogP contribution in [0, 0.1) is 0 Å². The molecule has 190 valence electrons. The molecule has 10 nitrogen and oxygen atoms in total. The first-order valence-corrected chi connectivity index (χ1v) is 12.1. The third-order valence-electron chi connectivity index (χ3n) is 6.89. The van der Waals surface area contributed by atoms with Gasteiger partial charge in [-0.1, -0.05) is 11.6 Å². The predicted octanol–water partition coefficient (Wildman–Crippen LogP) is 1.30. The third-order valence-corrected chi connectivity index (χ3v) is 7.15. The van der Waals surface area contributed by atoms with Gasteiger partial charge in [-0.15, -0.1) is 0 Å². The normalized spacial score (nSPS) is 23.9. The standard InChI is InChI=1S/C24H31ClN4O6/c1-23(33)15-24(35-14-19(23)29-13-18(25)20(30)27-22(29)32)7-10-28(11-8-24)21(31)16-3-5-17(6-4-16)34-12-2-9-26/h3-6,13,19,33H,2,7-12,14-15,26H2,1H3,(H,27,30,32)/t19-,23-/m0/s1. The Hall–Kier alpha value is -2.66. The Balaban J connectivity index is 1.38. The zero-order valence-corrected chi connectivity index (χ0v) is 20.4. The minimum Gasteiger partial charge on any atom is -0.494 e. The highest BCUT2D eigenvalue weighted by Gasteiger charge is 2.50. The molecule has 0 saturated carbocycles. The minimum absolute atomic E-state index is 0.0664. The maximum atomic E-state index is 13.0. The van der Waals surface area contributed by atoms with Crippen molar-refractivity contribution in [3.8, 4) is 5.75 Å². The lowest BCUT2D eigenvalue weighted by molar-refractivity contribution is -0.195. The first-order chi connectivity index (χ1) is 16.6. The molecule has 1 spiro atoms. The number of piperidine rings is 1. The fourth-order valence-corrected chi connectivity index (χ4v) is 5.07. The van der Waals surface area contributed by atoms with Gasteiger partial charge < -0.3 is 25.2 Å². The summed E-state index contributed by atoms with van der Waals surface area (Å²) in [5, 5.41) is 11.1. The van der Waals surface area contributed by atoms with E-state index in [9.17, 15) is 19.5 Å². The van der Waals surface area contributed by atoms with E-state index in [0.29, 0.717) is 50.4 Å². The monoisotopic (exact) mass is 506 g/mol. The lowest BCUT2D eigenvalue weighted by atomic mass is 9.75. The van der Waals surface area contributed by atoms with E-state index in [1.54, 1.807) is 36.1 Å². The summed E-state index contributed by atoms with van der Waals surface area (Å²) in [6.07, 6.45) is 3.40. The molecule has 2 atom stereocenters. The second kappa shape index (κ2) is 10.1. The summed E-state index contributed by atoms with van der Waals surface area (Å²) in [5.41, 5.74) is 2.84. The molecule has 1 aromatic carbocycles. The van der Waals surface area contributed by atoms with Crippen LogP contribution in [0.15, 0.2) is 40.1 Å². The number of nitrogens with zero attached hydrogens (tertiary/aromatic N) is 2. The van der Waals surface area contributed by atoms with Crippen molar-refractivity contribution in [3.05, 3.63) is 61.9 Å². The molecule has 2 aromatic rings. The van der Waals surface area contributed by atoms with Crippen molar-refractivity contribution in [3.63, 3.8) is 0 Å². The van der Waals surface area contributed by atoms with E-state index in [0.717, 1.165) is 6.42 Å². The summed E-state index contributed by atoms with van der Waals surface area (Å²) < 4.78 is 13.0. The fraction of sp³-hybridized carbons (Fsp3) is 0.542. The third kappa shape index (κ3) is 5.45. The molecule has 1 aromatic heterocycles. The van der Waals surface area contributed by atoms with Crippen molar-refractivity contribution in [1.82, 2.24) is 14.5 Å². The fourth-order valence-electron chi connectivity index (χ4n) is 4.92. The van der Waals surface area contributed by atoms with Crippen LogP contribution in [0.4, 0.5) is 0 Å². The van der Waals surface area contributed by atoms with Crippen LogP contribution >= 0.6 is 11.6 Å². The van der Waals surface area contributed by atoms with E-state index in [1.807, 2.05) is 0 Å². The molecule has 3 heterocycles. The molecule has 2 aliphatic rings. The van der Waals surface area contributed by atoms with Gasteiger partial charge in [-0.25, -0.2) is 4.79 Å². The maximum absolute atomic E-state index is 13.0. The largest absolute Gasteiger partial charge is 0.494 e. The number of hydrogen-bond acceptors (Lipinski definition) is 7. The van der Waals surface area contributed by atoms with Crippen molar-refractivity contribution >= 4 is 17.5 Å². The molecule has 0 bridgehead atoms. The predicted molar refractivity (Wildman–Crippen MR) is 130 cm³/mol. The van der Waals surface area contributed by atoms with Crippen LogP contribution in [-0.2, 0) is 4.74 Å². The van der Waals surface area contributed by atoms with Gasteiger partial charge in [0.25, 0.3) is 11.5 Å². The Morgan fingerprint density at radius 2 is 1.97 bits per heavy atom. The van der Waals surface area contributed by atoms with Gasteiger partial charge in [0, 0.05) is 31.3 Å². The quantitative estimate of drug-likeness (QED) is 0.502. The van der Waals surface area contributed by atoms with Gasteiger partial charge in [-0.3, -0.25) is 19.1 Å². The van der Waals surface area contributed by atoms with Gasteiger partial charge in [0.15, 0.2) is 0 Å². The molecule has 35 heavy (non-hydrogen) atoms. The Morgan fingerprint density at radius 1 is 1.29 bits per heavy atom. The topological polar surface area (TPSA) is 140 Å².